The standard InChI is InChI=1S/C22H31N3O3S.HI/c1-17-15-18(10-11-21(17)29(2,26)27)16-24-22(25-19-7-4-3-5-8-19)23-13-12-20-9-6-14-28-20;/h6,9-11,14-15,19H,3-5,7-8,12-13,16H2,1-2H3,(H2,23,24,25);1H. The van der Waals surface area contributed by atoms with E-state index in [0.717, 1.165) is 35.8 Å². The third-order valence-corrected chi connectivity index (χ3v) is 6.51. The summed E-state index contributed by atoms with van der Waals surface area (Å²) in [6.07, 6.45) is 9.87. The van der Waals surface area contributed by atoms with Gasteiger partial charge in [-0.05, 0) is 49.1 Å². The van der Waals surface area contributed by atoms with Crippen molar-refractivity contribution in [2.75, 3.05) is 12.8 Å². The zero-order valence-corrected chi connectivity index (χ0v) is 20.8. The van der Waals surface area contributed by atoms with Crippen molar-refractivity contribution >= 4 is 39.8 Å². The number of rotatable bonds is 7. The van der Waals surface area contributed by atoms with Crippen LogP contribution in [0.25, 0.3) is 0 Å². The lowest BCUT2D eigenvalue weighted by molar-refractivity contribution is 0.409. The van der Waals surface area contributed by atoms with Crippen LogP contribution in [-0.4, -0.2) is 33.2 Å². The van der Waals surface area contributed by atoms with Gasteiger partial charge in [-0.3, -0.25) is 0 Å². The number of guanidine groups is 1. The first-order chi connectivity index (χ1) is 13.9. The summed E-state index contributed by atoms with van der Waals surface area (Å²) < 4.78 is 29.0. The molecule has 1 aromatic carbocycles. The van der Waals surface area contributed by atoms with E-state index < -0.39 is 9.84 Å². The number of hydrogen-bond donors (Lipinski definition) is 2. The maximum absolute atomic E-state index is 11.8. The lowest BCUT2D eigenvalue weighted by atomic mass is 9.96. The highest BCUT2D eigenvalue weighted by Gasteiger charge is 2.15. The van der Waals surface area contributed by atoms with E-state index in [0.29, 0.717) is 17.5 Å². The summed E-state index contributed by atoms with van der Waals surface area (Å²) in [4.78, 5) is 5.13. The van der Waals surface area contributed by atoms with Crippen LogP contribution in [0.2, 0.25) is 0 Å². The molecule has 0 saturated heterocycles. The lowest BCUT2D eigenvalue weighted by Gasteiger charge is -2.25. The zero-order chi connectivity index (χ0) is 20.7. The molecule has 1 heterocycles. The predicted octanol–water partition coefficient (Wildman–Crippen LogP) is 4.22. The van der Waals surface area contributed by atoms with E-state index in [2.05, 4.69) is 10.6 Å². The molecule has 6 nitrogen and oxygen atoms in total. The Balaban J connectivity index is 0.00000320. The average Bonchev–Trinajstić information content (AvgIpc) is 3.19. The summed E-state index contributed by atoms with van der Waals surface area (Å²) >= 11 is 0. The molecule has 1 saturated carbocycles. The number of benzene rings is 1. The van der Waals surface area contributed by atoms with Crippen molar-refractivity contribution in [1.82, 2.24) is 10.6 Å². The number of nitrogens with zero attached hydrogens (tertiary/aromatic N) is 1. The molecule has 2 aromatic rings. The first kappa shape index (κ1) is 24.7. The molecule has 0 aliphatic heterocycles. The van der Waals surface area contributed by atoms with Gasteiger partial charge in [-0.2, -0.15) is 0 Å². The van der Waals surface area contributed by atoms with E-state index >= 15 is 0 Å². The first-order valence-corrected chi connectivity index (χ1v) is 12.2. The minimum absolute atomic E-state index is 0. The molecule has 0 bridgehead atoms. The number of aryl methyl sites for hydroxylation is 1. The highest BCUT2D eigenvalue weighted by Crippen LogP contribution is 2.18. The molecule has 1 aliphatic rings. The van der Waals surface area contributed by atoms with E-state index in [1.165, 1.54) is 38.4 Å². The Morgan fingerprint density at radius 2 is 1.97 bits per heavy atom. The summed E-state index contributed by atoms with van der Waals surface area (Å²) in [6, 6.07) is 9.74. The quantitative estimate of drug-likeness (QED) is 0.309. The molecule has 1 aliphatic carbocycles. The summed E-state index contributed by atoms with van der Waals surface area (Å²) in [7, 11) is -3.20. The summed E-state index contributed by atoms with van der Waals surface area (Å²) in [6.45, 7) is 3.05. The monoisotopic (exact) mass is 545 g/mol. The van der Waals surface area contributed by atoms with Gasteiger partial charge < -0.3 is 15.1 Å². The van der Waals surface area contributed by atoms with Crippen LogP contribution in [0.5, 0.6) is 0 Å². The molecular weight excluding hydrogens is 513 g/mol. The molecule has 1 aromatic heterocycles. The molecule has 166 valence electrons. The second-order valence-corrected chi connectivity index (χ2v) is 9.76. The van der Waals surface area contributed by atoms with Gasteiger partial charge in [0.2, 0.25) is 0 Å². The fourth-order valence-electron chi connectivity index (χ4n) is 3.75. The fraction of sp³-hybridized carbons (Fsp3) is 0.500. The van der Waals surface area contributed by atoms with E-state index in [4.69, 9.17) is 9.41 Å². The van der Waals surface area contributed by atoms with Crippen molar-refractivity contribution in [3.8, 4) is 0 Å². The van der Waals surface area contributed by atoms with Crippen LogP contribution in [0.4, 0.5) is 0 Å². The number of hydrogen-bond acceptors (Lipinski definition) is 4. The van der Waals surface area contributed by atoms with E-state index in [9.17, 15) is 8.42 Å². The molecule has 0 spiro atoms. The van der Waals surface area contributed by atoms with Crippen LogP contribution in [0.15, 0.2) is 50.9 Å². The summed E-state index contributed by atoms with van der Waals surface area (Å²) in [5.41, 5.74) is 1.75. The van der Waals surface area contributed by atoms with Gasteiger partial charge in [-0.1, -0.05) is 31.4 Å². The Morgan fingerprint density at radius 1 is 1.20 bits per heavy atom. The second kappa shape index (κ2) is 11.7. The van der Waals surface area contributed by atoms with Crippen molar-refractivity contribution in [1.29, 1.82) is 0 Å². The third kappa shape index (κ3) is 7.61. The van der Waals surface area contributed by atoms with Crippen LogP contribution in [0.3, 0.4) is 0 Å². The zero-order valence-electron chi connectivity index (χ0n) is 17.7. The van der Waals surface area contributed by atoms with Crippen molar-refractivity contribution in [3.63, 3.8) is 0 Å². The smallest absolute Gasteiger partial charge is 0.191 e. The number of halogens is 1. The number of aliphatic imine (C=N–C) groups is 1. The van der Waals surface area contributed by atoms with Crippen LogP contribution in [0.1, 0.15) is 49.0 Å². The fourth-order valence-corrected chi connectivity index (χ4v) is 4.71. The van der Waals surface area contributed by atoms with Crippen LogP contribution in [-0.2, 0) is 22.8 Å². The summed E-state index contributed by atoms with van der Waals surface area (Å²) in [5, 5.41) is 6.98. The largest absolute Gasteiger partial charge is 0.469 e. The number of sulfone groups is 1. The van der Waals surface area contributed by atoms with Crippen molar-refractivity contribution in [2.45, 2.75) is 62.9 Å². The van der Waals surface area contributed by atoms with E-state index in [-0.39, 0.29) is 24.0 Å². The SMILES string of the molecule is Cc1cc(CN=C(NCCc2ccco2)NC2CCCCC2)ccc1S(C)(=O)=O.I. The molecular formula is C22H32IN3O3S. The Morgan fingerprint density at radius 3 is 2.60 bits per heavy atom. The number of furan rings is 1. The Hall–Kier alpha value is -1.55. The Labute approximate surface area is 196 Å². The topological polar surface area (TPSA) is 83.7 Å². The molecule has 0 amide bonds. The van der Waals surface area contributed by atoms with E-state index in [1.54, 1.807) is 12.3 Å². The molecule has 2 N–H and O–H groups in total. The molecule has 0 radical (unpaired) electrons. The molecule has 0 unspecified atom stereocenters. The third-order valence-electron chi connectivity index (χ3n) is 5.25. The average molecular weight is 545 g/mol. The van der Waals surface area contributed by atoms with Gasteiger partial charge in [0.15, 0.2) is 15.8 Å². The molecule has 0 atom stereocenters. The van der Waals surface area contributed by atoms with Crippen molar-refractivity contribution in [2.24, 2.45) is 4.99 Å². The van der Waals surface area contributed by atoms with Gasteiger partial charge in [0.05, 0.1) is 17.7 Å². The molecule has 3 rings (SSSR count). The first-order valence-electron chi connectivity index (χ1n) is 10.3. The van der Waals surface area contributed by atoms with Gasteiger partial charge in [0, 0.05) is 25.3 Å². The molecule has 8 heteroatoms. The van der Waals surface area contributed by atoms with Gasteiger partial charge in [0.1, 0.15) is 5.76 Å². The van der Waals surface area contributed by atoms with Crippen LogP contribution in [0, 0.1) is 6.92 Å². The maximum Gasteiger partial charge on any atom is 0.191 e. The minimum atomic E-state index is -3.20. The minimum Gasteiger partial charge on any atom is -0.469 e. The predicted molar refractivity (Wildman–Crippen MR) is 131 cm³/mol. The maximum atomic E-state index is 11.8. The van der Waals surface area contributed by atoms with E-state index in [1.807, 2.05) is 31.2 Å². The van der Waals surface area contributed by atoms with Gasteiger partial charge in [-0.25, -0.2) is 13.4 Å². The van der Waals surface area contributed by atoms with Gasteiger partial charge in [0.25, 0.3) is 0 Å². The molecule has 30 heavy (non-hydrogen) atoms. The summed E-state index contributed by atoms with van der Waals surface area (Å²) in [5.74, 6) is 1.75. The second-order valence-electron chi connectivity index (χ2n) is 7.77. The van der Waals surface area contributed by atoms with Crippen molar-refractivity contribution < 1.29 is 12.8 Å². The lowest BCUT2D eigenvalue weighted by Crippen LogP contribution is -2.44. The van der Waals surface area contributed by atoms with Crippen LogP contribution < -0.4 is 10.6 Å². The Bertz CT molecular complexity index is 921. The number of nitrogens with one attached hydrogen (secondary N) is 2. The van der Waals surface area contributed by atoms with Crippen LogP contribution >= 0.6 is 24.0 Å². The van der Waals surface area contributed by atoms with Gasteiger partial charge in [-0.15, -0.1) is 24.0 Å². The Kier molecular flexibility index (Phi) is 9.67. The normalized spacial score (nSPS) is 15.5. The highest BCUT2D eigenvalue weighted by atomic mass is 127. The molecule has 1 fully saturated rings. The highest BCUT2D eigenvalue weighted by molar-refractivity contribution is 14.0. The van der Waals surface area contributed by atoms with Crippen molar-refractivity contribution in [3.05, 3.63) is 53.5 Å². The van der Waals surface area contributed by atoms with Gasteiger partial charge >= 0.3 is 0 Å².